The first kappa shape index (κ1) is 25.0. The van der Waals surface area contributed by atoms with E-state index in [1.165, 1.54) is 0 Å². The molecule has 0 aliphatic rings. The van der Waals surface area contributed by atoms with Gasteiger partial charge in [-0.05, 0) is 59.2 Å². The van der Waals surface area contributed by atoms with Gasteiger partial charge in [0.1, 0.15) is 15.9 Å². The molecule has 0 saturated heterocycles. The van der Waals surface area contributed by atoms with Crippen molar-refractivity contribution in [3.8, 4) is 23.3 Å². The van der Waals surface area contributed by atoms with Gasteiger partial charge in [0.25, 0.3) is 5.91 Å². The van der Waals surface area contributed by atoms with Crippen molar-refractivity contribution in [3.05, 3.63) is 33.7 Å². The van der Waals surface area contributed by atoms with E-state index in [1.54, 1.807) is 32.9 Å². The molecule has 0 saturated carbocycles. The maximum Gasteiger partial charge on any atom is 0.348 e. The van der Waals surface area contributed by atoms with Crippen molar-refractivity contribution in [3.63, 3.8) is 0 Å². The average Bonchev–Trinajstić information content (AvgIpc) is 3.05. The molecule has 0 aliphatic carbocycles. The molecular weight excluding hydrogens is 432 g/mol. The quantitative estimate of drug-likeness (QED) is 0.500. The van der Waals surface area contributed by atoms with E-state index in [0.717, 1.165) is 11.3 Å². The Bertz CT molecular complexity index is 995. The highest BCUT2D eigenvalue weighted by atomic mass is 32.1. The molecule has 2 aromatic rings. The molecular formula is C23H28N2O6S. The van der Waals surface area contributed by atoms with E-state index >= 15 is 0 Å². The summed E-state index contributed by atoms with van der Waals surface area (Å²) in [6, 6.07) is 5.18. The molecule has 1 amide bonds. The predicted molar refractivity (Wildman–Crippen MR) is 122 cm³/mol. The molecule has 1 aromatic heterocycles. The Labute approximate surface area is 192 Å². The molecule has 0 fully saturated rings. The number of carbonyl (C=O) groups is 2. The molecule has 0 bridgehead atoms. The fraction of sp³-hybridized carbons (Fsp3) is 0.435. The summed E-state index contributed by atoms with van der Waals surface area (Å²) in [5.41, 5.74) is 0.955. The van der Waals surface area contributed by atoms with Crippen LogP contribution in [0.1, 0.15) is 65.8 Å². The summed E-state index contributed by atoms with van der Waals surface area (Å²) in [6.45, 7) is 11.8. The zero-order valence-corrected chi connectivity index (χ0v) is 20.0. The van der Waals surface area contributed by atoms with Gasteiger partial charge in [-0.15, -0.1) is 11.3 Å². The highest BCUT2D eigenvalue weighted by Gasteiger charge is 2.24. The first-order chi connectivity index (χ1) is 15.3. The summed E-state index contributed by atoms with van der Waals surface area (Å²) < 4.78 is 22.2. The lowest BCUT2D eigenvalue weighted by atomic mass is 10.1. The van der Waals surface area contributed by atoms with Crippen molar-refractivity contribution in [1.29, 1.82) is 5.26 Å². The van der Waals surface area contributed by atoms with Crippen molar-refractivity contribution in [1.82, 2.24) is 0 Å². The van der Waals surface area contributed by atoms with Crippen molar-refractivity contribution >= 4 is 28.2 Å². The second-order valence-corrected chi connectivity index (χ2v) is 7.90. The number of nitriles is 1. The summed E-state index contributed by atoms with van der Waals surface area (Å²) in [5, 5.41) is 12.6. The smallest absolute Gasteiger partial charge is 0.348 e. The number of thiophene rings is 1. The molecule has 2 rings (SSSR count). The molecule has 1 N–H and O–H groups in total. The topological polar surface area (TPSA) is 107 Å². The van der Waals surface area contributed by atoms with Crippen LogP contribution in [0.3, 0.4) is 0 Å². The van der Waals surface area contributed by atoms with Gasteiger partial charge in [-0.1, -0.05) is 0 Å². The molecule has 0 spiro atoms. The van der Waals surface area contributed by atoms with Gasteiger partial charge < -0.3 is 24.3 Å². The SMILES string of the molecule is CCOc1cc(C(=O)Nc2sc(C(=O)OC(C)C)c(C)c2C#N)cc(OCC)c1OCC. The zero-order chi connectivity index (χ0) is 23.8. The highest BCUT2D eigenvalue weighted by Crippen LogP contribution is 2.40. The van der Waals surface area contributed by atoms with Crippen LogP contribution in [0.2, 0.25) is 0 Å². The van der Waals surface area contributed by atoms with Crippen molar-refractivity contribution in [2.24, 2.45) is 0 Å². The first-order valence-electron chi connectivity index (χ1n) is 10.4. The van der Waals surface area contributed by atoms with Crippen LogP contribution in [0.4, 0.5) is 5.00 Å². The normalized spacial score (nSPS) is 10.4. The second-order valence-electron chi connectivity index (χ2n) is 6.88. The Hall–Kier alpha value is -3.25. The van der Waals surface area contributed by atoms with Gasteiger partial charge in [-0.25, -0.2) is 4.79 Å². The summed E-state index contributed by atoms with van der Waals surface area (Å²) in [4.78, 5) is 25.7. The Morgan fingerprint density at radius 2 is 1.62 bits per heavy atom. The summed E-state index contributed by atoms with van der Waals surface area (Å²) in [7, 11) is 0. The van der Waals surface area contributed by atoms with E-state index in [2.05, 4.69) is 11.4 Å². The van der Waals surface area contributed by atoms with Gasteiger partial charge in [0, 0.05) is 5.56 Å². The molecule has 1 aromatic carbocycles. The van der Waals surface area contributed by atoms with E-state index in [-0.39, 0.29) is 27.1 Å². The van der Waals surface area contributed by atoms with E-state index in [0.29, 0.717) is 42.6 Å². The Morgan fingerprint density at radius 1 is 1.06 bits per heavy atom. The van der Waals surface area contributed by atoms with Crippen molar-refractivity contribution in [2.45, 2.75) is 47.6 Å². The van der Waals surface area contributed by atoms with Crippen LogP contribution in [-0.4, -0.2) is 37.8 Å². The van der Waals surface area contributed by atoms with Crippen LogP contribution < -0.4 is 19.5 Å². The maximum absolute atomic E-state index is 13.1. The number of benzene rings is 1. The van der Waals surface area contributed by atoms with Gasteiger partial charge in [0.15, 0.2) is 11.5 Å². The average molecular weight is 461 g/mol. The van der Waals surface area contributed by atoms with Crippen LogP contribution in [0, 0.1) is 18.3 Å². The molecule has 0 unspecified atom stereocenters. The van der Waals surface area contributed by atoms with E-state index in [1.807, 2.05) is 20.8 Å². The number of nitrogens with zero attached hydrogens (tertiary/aromatic N) is 1. The summed E-state index contributed by atoms with van der Waals surface area (Å²) in [6.07, 6.45) is -0.301. The van der Waals surface area contributed by atoms with Crippen LogP contribution in [-0.2, 0) is 4.74 Å². The number of esters is 1. The lowest BCUT2D eigenvalue weighted by molar-refractivity contribution is 0.0383. The molecule has 0 radical (unpaired) electrons. The van der Waals surface area contributed by atoms with Crippen molar-refractivity contribution in [2.75, 3.05) is 25.1 Å². The molecule has 32 heavy (non-hydrogen) atoms. The fourth-order valence-corrected chi connectivity index (χ4v) is 3.93. The number of anilines is 1. The van der Waals surface area contributed by atoms with Gasteiger partial charge >= 0.3 is 5.97 Å². The van der Waals surface area contributed by atoms with Crippen molar-refractivity contribution < 1.29 is 28.5 Å². The number of amides is 1. The third-order valence-corrected chi connectivity index (χ3v) is 5.37. The van der Waals surface area contributed by atoms with E-state index in [4.69, 9.17) is 18.9 Å². The van der Waals surface area contributed by atoms with E-state index < -0.39 is 11.9 Å². The predicted octanol–water partition coefficient (Wildman–Crippen LogP) is 4.94. The van der Waals surface area contributed by atoms with E-state index in [9.17, 15) is 14.9 Å². The Morgan fingerprint density at radius 3 is 2.09 bits per heavy atom. The van der Waals surface area contributed by atoms with Crippen LogP contribution in [0.25, 0.3) is 0 Å². The molecule has 0 aliphatic heterocycles. The minimum atomic E-state index is -0.530. The summed E-state index contributed by atoms with van der Waals surface area (Å²) >= 11 is 1.01. The van der Waals surface area contributed by atoms with Gasteiger partial charge in [0.2, 0.25) is 5.75 Å². The number of carbonyl (C=O) groups excluding carboxylic acids is 2. The number of hydrogen-bond donors (Lipinski definition) is 1. The largest absolute Gasteiger partial charge is 0.490 e. The minimum absolute atomic E-state index is 0.222. The van der Waals surface area contributed by atoms with Gasteiger partial charge in [-0.2, -0.15) is 5.26 Å². The van der Waals surface area contributed by atoms with Crippen LogP contribution in [0.5, 0.6) is 17.2 Å². The molecule has 1 heterocycles. The second kappa shape index (κ2) is 11.4. The molecule has 9 heteroatoms. The lowest BCUT2D eigenvalue weighted by Gasteiger charge is -2.17. The highest BCUT2D eigenvalue weighted by molar-refractivity contribution is 7.18. The third kappa shape index (κ3) is 5.71. The van der Waals surface area contributed by atoms with Crippen LogP contribution >= 0.6 is 11.3 Å². The molecule has 8 nitrogen and oxygen atoms in total. The minimum Gasteiger partial charge on any atom is -0.490 e. The zero-order valence-electron chi connectivity index (χ0n) is 19.2. The fourth-order valence-electron chi connectivity index (χ4n) is 2.89. The number of nitrogens with one attached hydrogen (secondary N) is 1. The standard InChI is InChI=1S/C23H28N2O6S/c1-7-28-17-10-15(11-18(29-8-2)19(17)30-9-3)21(26)25-22-16(12-24)14(6)20(32-22)23(27)31-13(4)5/h10-11,13H,7-9H2,1-6H3,(H,25,26). The van der Waals surface area contributed by atoms with Crippen LogP contribution in [0.15, 0.2) is 12.1 Å². The molecule has 0 atom stereocenters. The maximum atomic E-state index is 13.1. The third-order valence-electron chi connectivity index (χ3n) is 4.19. The number of rotatable bonds is 10. The molecule has 172 valence electrons. The van der Waals surface area contributed by atoms with Gasteiger partial charge in [0.05, 0.1) is 31.5 Å². The first-order valence-corrected chi connectivity index (χ1v) is 11.2. The number of hydrogen-bond acceptors (Lipinski definition) is 8. The number of ether oxygens (including phenoxy) is 4. The Kier molecular flexibility index (Phi) is 8.91. The monoisotopic (exact) mass is 460 g/mol. The lowest BCUT2D eigenvalue weighted by Crippen LogP contribution is -2.13. The Balaban J connectivity index is 2.44. The summed E-state index contributed by atoms with van der Waals surface area (Å²) in [5.74, 6) is 0.189. The van der Waals surface area contributed by atoms with Gasteiger partial charge in [-0.3, -0.25) is 4.79 Å².